The molecule has 0 bridgehead atoms. The molecule has 0 aromatic heterocycles. The summed E-state index contributed by atoms with van der Waals surface area (Å²) >= 11 is 2.21. The zero-order chi connectivity index (χ0) is 14.9. The summed E-state index contributed by atoms with van der Waals surface area (Å²) in [5.74, 6) is -1.31. The van der Waals surface area contributed by atoms with Gasteiger partial charge in [0.05, 0.1) is 5.92 Å². The van der Waals surface area contributed by atoms with E-state index in [4.69, 9.17) is 5.11 Å². The molecule has 0 saturated carbocycles. The van der Waals surface area contributed by atoms with E-state index in [0.29, 0.717) is 18.5 Å². The highest BCUT2D eigenvalue weighted by molar-refractivity contribution is 14.1. The van der Waals surface area contributed by atoms with Crippen molar-refractivity contribution in [2.45, 2.75) is 32.7 Å². The molecule has 108 valence electrons. The molecule has 1 saturated heterocycles. The molecule has 1 fully saturated rings. The molecule has 1 amide bonds. The first kappa shape index (κ1) is 15.3. The third kappa shape index (κ3) is 2.97. The van der Waals surface area contributed by atoms with Crippen molar-refractivity contribution in [3.05, 3.63) is 32.9 Å². The molecule has 1 aliphatic heterocycles. The zero-order valence-corrected chi connectivity index (χ0v) is 13.8. The Morgan fingerprint density at radius 1 is 1.35 bits per heavy atom. The smallest absolute Gasteiger partial charge is 0.308 e. The molecule has 2 unspecified atom stereocenters. The molecule has 1 heterocycles. The Morgan fingerprint density at radius 3 is 2.70 bits per heavy atom. The minimum absolute atomic E-state index is 0.0560. The monoisotopic (exact) mass is 387 g/mol. The molecule has 1 aromatic carbocycles. The van der Waals surface area contributed by atoms with Crippen LogP contribution in [0.1, 0.15) is 35.7 Å². The molecule has 1 aliphatic rings. The highest BCUT2D eigenvalue weighted by Gasteiger charge is 2.33. The summed E-state index contributed by atoms with van der Waals surface area (Å²) in [4.78, 5) is 25.5. The van der Waals surface area contributed by atoms with Gasteiger partial charge in [-0.25, -0.2) is 0 Å². The first-order valence-corrected chi connectivity index (χ1v) is 7.78. The highest BCUT2D eigenvalue weighted by atomic mass is 127. The Bertz CT molecular complexity index is 544. The number of amides is 1. The molecular weight excluding hydrogens is 369 g/mol. The number of hydrogen-bond donors (Lipinski definition) is 1. The molecule has 1 N–H and O–H groups in total. The molecule has 1 aromatic rings. The fraction of sp³-hybridized carbons (Fsp3) is 0.467. The lowest BCUT2D eigenvalue weighted by Gasteiger charge is -2.36. The minimum Gasteiger partial charge on any atom is -0.481 e. The lowest BCUT2D eigenvalue weighted by molar-refractivity contribution is -0.143. The van der Waals surface area contributed by atoms with Crippen molar-refractivity contribution in [2.24, 2.45) is 5.92 Å². The Hall–Kier alpha value is -1.11. The second-order valence-electron chi connectivity index (χ2n) is 5.33. The quantitative estimate of drug-likeness (QED) is 0.794. The van der Waals surface area contributed by atoms with Crippen LogP contribution in [0.5, 0.6) is 0 Å². The summed E-state index contributed by atoms with van der Waals surface area (Å²) in [6.45, 7) is 4.22. The third-order valence-electron chi connectivity index (χ3n) is 3.99. The van der Waals surface area contributed by atoms with Crippen molar-refractivity contribution < 1.29 is 14.7 Å². The maximum absolute atomic E-state index is 12.7. The number of nitrogens with zero attached hydrogens (tertiary/aromatic N) is 1. The van der Waals surface area contributed by atoms with Crippen molar-refractivity contribution in [1.82, 2.24) is 4.90 Å². The van der Waals surface area contributed by atoms with Gasteiger partial charge in [-0.1, -0.05) is 6.07 Å². The normalized spacial score (nSPS) is 22.6. The summed E-state index contributed by atoms with van der Waals surface area (Å²) < 4.78 is 1.05. The number of halogens is 1. The Kier molecular flexibility index (Phi) is 4.67. The average molecular weight is 387 g/mol. The minimum atomic E-state index is -0.811. The zero-order valence-electron chi connectivity index (χ0n) is 11.6. The van der Waals surface area contributed by atoms with Crippen LogP contribution in [-0.4, -0.2) is 34.5 Å². The van der Waals surface area contributed by atoms with E-state index in [9.17, 15) is 9.59 Å². The third-order valence-corrected chi connectivity index (χ3v) is 5.16. The van der Waals surface area contributed by atoms with Gasteiger partial charge in [-0.05, 0) is 67.0 Å². The van der Waals surface area contributed by atoms with E-state index in [0.717, 1.165) is 15.6 Å². The van der Waals surface area contributed by atoms with Crippen molar-refractivity contribution in [3.8, 4) is 0 Å². The largest absolute Gasteiger partial charge is 0.481 e. The number of aliphatic carboxylic acids is 1. The Labute approximate surface area is 132 Å². The van der Waals surface area contributed by atoms with Crippen LogP contribution in [0.4, 0.5) is 0 Å². The van der Waals surface area contributed by atoms with Crippen LogP contribution in [0.25, 0.3) is 0 Å². The van der Waals surface area contributed by atoms with Crippen molar-refractivity contribution in [1.29, 1.82) is 0 Å². The van der Waals surface area contributed by atoms with E-state index >= 15 is 0 Å². The predicted octanol–water partition coefficient (Wildman–Crippen LogP) is 2.92. The maximum atomic E-state index is 12.7. The van der Waals surface area contributed by atoms with Crippen molar-refractivity contribution >= 4 is 34.5 Å². The first-order chi connectivity index (χ1) is 9.41. The maximum Gasteiger partial charge on any atom is 0.308 e. The molecule has 0 spiro atoms. The van der Waals surface area contributed by atoms with Crippen LogP contribution in [0.3, 0.4) is 0 Å². The first-order valence-electron chi connectivity index (χ1n) is 6.70. The van der Waals surface area contributed by atoms with E-state index in [1.54, 1.807) is 4.90 Å². The number of carboxylic acids is 1. The van der Waals surface area contributed by atoms with Gasteiger partial charge in [-0.2, -0.15) is 0 Å². The van der Waals surface area contributed by atoms with E-state index in [-0.39, 0.29) is 11.9 Å². The fourth-order valence-corrected chi connectivity index (χ4v) is 3.08. The van der Waals surface area contributed by atoms with Crippen LogP contribution in [0, 0.1) is 16.4 Å². The van der Waals surface area contributed by atoms with E-state index < -0.39 is 11.9 Å². The number of piperidine rings is 1. The van der Waals surface area contributed by atoms with Gasteiger partial charge in [-0.15, -0.1) is 0 Å². The molecule has 4 nitrogen and oxygen atoms in total. The molecular formula is C15H18INO3. The second-order valence-corrected chi connectivity index (χ2v) is 6.49. The summed E-state index contributed by atoms with van der Waals surface area (Å²) in [5, 5.41) is 9.15. The molecule has 2 rings (SSSR count). The number of hydrogen-bond acceptors (Lipinski definition) is 2. The topological polar surface area (TPSA) is 57.6 Å². The van der Waals surface area contributed by atoms with Crippen molar-refractivity contribution in [2.75, 3.05) is 6.54 Å². The Morgan fingerprint density at radius 2 is 2.05 bits per heavy atom. The Balaban J connectivity index is 2.26. The number of carbonyl (C=O) groups excluding carboxylic acids is 1. The average Bonchev–Trinajstić information content (AvgIpc) is 2.41. The van der Waals surface area contributed by atoms with Crippen LogP contribution >= 0.6 is 22.6 Å². The number of carbonyl (C=O) groups is 2. The highest BCUT2D eigenvalue weighted by Crippen LogP contribution is 2.25. The number of likely N-dealkylation sites (tertiary alicyclic amines) is 1. The number of benzene rings is 1. The standard InChI is InChI=1S/C15H18INO3/c1-9-6-7-11(15(19)20)8-17(9)14(18)12-4-3-5-13(16)10(12)2/h3-5,9,11H,6-8H2,1-2H3,(H,19,20). The molecule has 0 radical (unpaired) electrons. The van der Waals surface area contributed by atoms with Gasteiger partial charge in [0.2, 0.25) is 0 Å². The van der Waals surface area contributed by atoms with Gasteiger partial charge in [0.1, 0.15) is 0 Å². The van der Waals surface area contributed by atoms with Crippen LogP contribution in [0.2, 0.25) is 0 Å². The van der Waals surface area contributed by atoms with E-state index in [1.807, 2.05) is 32.0 Å². The SMILES string of the molecule is Cc1c(I)cccc1C(=O)N1CC(C(=O)O)CCC1C. The van der Waals surface area contributed by atoms with Crippen LogP contribution in [0.15, 0.2) is 18.2 Å². The van der Waals surface area contributed by atoms with E-state index in [1.165, 1.54) is 0 Å². The van der Waals surface area contributed by atoms with E-state index in [2.05, 4.69) is 22.6 Å². The number of rotatable bonds is 2. The van der Waals surface area contributed by atoms with Gasteiger partial charge in [0.25, 0.3) is 5.91 Å². The summed E-state index contributed by atoms with van der Waals surface area (Å²) in [6, 6.07) is 5.74. The van der Waals surface area contributed by atoms with Gasteiger partial charge in [0.15, 0.2) is 0 Å². The van der Waals surface area contributed by atoms with Gasteiger partial charge in [-0.3, -0.25) is 9.59 Å². The molecule has 5 heteroatoms. The predicted molar refractivity (Wildman–Crippen MR) is 84.8 cm³/mol. The molecule has 2 atom stereocenters. The van der Waals surface area contributed by atoms with Gasteiger partial charge >= 0.3 is 5.97 Å². The summed E-state index contributed by atoms with van der Waals surface area (Å²) in [7, 11) is 0. The van der Waals surface area contributed by atoms with Gasteiger partial charge < -0.3 is 10.0 Å². The molecule has 0 aliphatic carbocycles. The molecule has 20 heavy (non-hydrogen) atoms. The van der Waals surface area contributed by atoms with Crippen LogP contribution < -0.4 is 0 Å². The fourth-order valence-electron chi connectivity index (χ4n) is 2.59. The summed E-state index contributed by atoms with van der Waals surface area (Å²) in [5.41, 5.74) is 1.64. The lowest BCUT2D eigenvalue weighted by Crippen LogP contribution is -2.47. The summed E-state index contributed by atoms with van der Waals surface area (Å²) in [6.07, 6.45) is 1.39. The van der Waals surface area contributed by atoms with Gasteiger partial charge in [0, 0.05) is 21.7 Å². The van der Waals surface area contributed by atoms with Crippen LogP contribution in [-0.2, 0) is 4.79 Å². The second kappa shape index (κ2) is 6.11. The lowest BCUT2D eigenvalue weighted by atomic mass is 9.92. The number of carboxylic acid groups (broad SMARTS) is 1. The van der Waals surface area contributed by atoms with Crippen molar-refractivity contribution in [3.63, 3.8) is 0 Å².